The van der Waals surface area contributed by atoms with Crippen molar-refractivity contribution < 1.29 is 5.11 Å². The fourth-order valence-corrected chi connectivity index (χ4v) is 3.41. The van der Waals surface area contributed by atoms with Gasteiger partial charge in [0.05, 0.1) is 15.9 Å². The summed E-state index contributed by atoms with van der Waals surface area (Å²) >= 11 is 7.20. The number of aliphatic hydroxyl groups is 1. The van der Waals surface area contributed by atoms with E-state index in [0.29, 0.717) is 0 Å². The summed E-state index contributed by atoms with van der Waals surface area (Å²) in [5.74, 6) is 0.182. The van der Waals surface area contributed by atoms with Gasteiger partial charge in [0.2, 0.25) is 0 Å². The first-order valence-corrected chi connectivity index (χ1v) is 8.71. The number of hydrogen-bond donors (Lipinski definition) is 1. The Morgan fingerprint density at radius 3 is 2.57 bits per heavy atom. The van der Waals surface area contributed by atoms with Crippen molar-refractivity contribution in [2.75, 3.05) is 6.61 Å². The molecule has 2 rings (SSSR count). The third-order valence-corrected chi connectivity index (χ3v) is 5.46. The average molecular weight is 416 g/mol. The predicted octanol–water partition coefficient (Wildman–Crippen LogP) is 4.13. The summed E-state index contributed by atoms with van der Waals surface area (Å²) < 4.78 is 4.18. The standard InChI is InChI=1S/C16H20Br2N2O/c1-3-20-15(16(18)11(2)19-20)9-12(10-21)8-13-6-4-5-7-14(13)17/h4-7,12,21H,3,8-10H2,1-2H3. The normalized spacial score (nSPS) is 12.6. The molecule has 0 saturated heterocycles. The van der Waals surface area contributed by atoms with Crippen molar-refractivity contribution in [3.05, 3.63) is 50.2 Å². The number of benzene rings is 1. The first-order chi connectivity index (χ1) is 10.1. The second kappa shape index (κ2) is 7.56. The summed E-state index contributed by atoms with van der Waals surface area (Å²) in [5, 5.41) is 14.3. The Morgan fingerprint density at radius 2 is 1.95 bits per heavy atom. The number of rotatable bonds is 6. The van der Waals surface area contributed by atoms with Crippen molar-refractivity contribution in [1.82, 2.24) is 9.78 Å². The Hall–Kier alpha value is -0.650. The molecule has 1 aromatic carbocycles. The third-order valence-electron chi connectivity index (χ3n) is 3.66. The molecule has 1 heterocycles. The minimum atomic E-state index is 0.168. The van der Waals surface area contributed by atoms with Gasteiger partial charge < -0.3 is 5.11 Å². The fraction of sp³-hybridized carbons (Fsp3) is 0.438. The van der Waals surface area contributed by atoms with E-state index in [-0.39, 0.29) is 12.5 Å². The van der Waals surface area contributed by atoms with E-state index < -0.39 is 0 Å². The van der Waals surface area contributed by atoms with Crippen molar-refractivity contribution in [1.29, 1.82) is 0 Å². The number of aliphatic hydroxyl groups excluding tert-OH is 1. The zero-order valence-corrected chi connectivity index (χ0v) is 15.5. The second-order valence-corrected chi connectivity index (χ2v) is 6.86. The second-order valence-electron chi connectivity index (χ2n) is 5.21. The summed E-state index contributed by atoms with van der Waals surface area (Å²) in [6.07, 6.45) is 1.66. The molecule has 1 atom stereocenters. The molecule has 0 saturated carbocycles. The number of nitrogens with zero attached hydrogens (tertiary/aromatic N) is 2. The Bertz CT molecular complexity index is 610. The lowest BCUT2D eigenvalue weighted by Gasteiger charge is -2.16. The molecule has 1 N–H and O–H groups in total. The molecule has 0 bridgehead atoms. The number of aromatic nitrogens is 2. The lowest BCUT2D eigenvalue weighted by molar-refractivity contribution is 0.222. The molecule has 0 aliphatic carbocycles. The van der Waals surface area contributed by atoms with Gasteiger partial charge in [-0.15, -0.1) is 0 Å². The van der Waals surface area contributed by atoms with Crippen molar-refractivity contribution in [2.24, 2.45) is 5.92 Å². The van der Waals surface area contributed by atoms with Crippen LogP contribution < -0.4 is 0 Å². The van der Waals surface area contributed by atoms with Crippen LogP contribution in [0.15, 0.2) is 33.2 Å². The summed E-state index contributed by atoms with van der Waals surface area (Å²) in [6, 6.07) is 8.18. The maximum Gasteiger partial charge on any atom is 0.0738 e. The molecule has 2 aromatic rings. The van der Waals surface area contributed by atoms with Gasteiger partial charge in [0.25, 0.3) is 0 Å². The fourth-order valence-electron chi connectivity index (χ4n) is 2.51. The summed E-state index contributed by atoms with van der Waals surface area (Å²) in [5.41, 5.74) is 3.40. The Balaban J connectivity index is 2.18. The van der Waals surface area contributed by atoms with Crippen LogP contribution in [0.4, 0.5) is 0 Å². The van der Waals surface area contributed by atoms with Crippen LogP contribution >= 0.6 is 31.9 Å². The van der Waals surface area contributed by atoms with E-state index >= 15 is 0 Å². The largest absolute Gasteiger partial charge is 0.396 e. The molecule has 1 unspecified atom stereocenters. The molecule has 5 heteroatoms. The number of hydrogen-bond acceptors (Lipinski definition) is 2. The zero-order chi connectivity index (χ0) is 15.4. The van der Waals surface area contributed by atoms with Crippen molar-refractivity contribution >= 4 is 31.9 Å². The summed E-state index contributed by atoms with van der Waals surface area (Å²) in [6.45, 7) is 5.10. The van der Waals surface area contributed by atoms with Crippen LogP contribution in [0, 0.1) is 12.8 Å². The zero-order valence-electron chi connectivity index (χ0n) is 12.3. The van der Waals surface area contributed by atoms with Gasteiger partial charge in [-0.05, 0) is 60.2 Å². The number of halogens is 2. The van der Waals surface area contributed by atoms with E-state index in [4.69, 9.17) is 0 Å². The molecule has 3 nitrogen and oxygen atoms in total. The van der Waals surface area contributed by atoms with Gasteiger partial charge in [0, 0.05) is 17.6 Å². The van der Waals surface area contributed by atoms with Crippen LogP contribution in [-0.4, -0.2) is 21.5 Å². The molecule has 0 fully saturated rings. The Morgan fingerprint density at radius 1 is 1.24 bits per heavy atom. The van der Waals surface area contributed by atoms with Gasteiger partial charge in [0.1, 0.15) is 0 Å². The lowest BCUT2D eigenvalue weighted by atomic mass is 9.95. The van der Waals surface area contributed by atoms with Crippen LogP contribution in [0.3, 0.4) is 0 Å². The molecule has 0 aliphatic heterocycles. The van der Waals surface area contributed by atoms with E-state index in [1.165, 1.54) is 11.3 Å². The van der Waals surface area contributed by atoms with Crippen LogP contribution in [0.1, 0.15) is 23.9 Å². The highest BCUT2D eigenvalue weighted by Crippen LogP contribution is 2.26. The highest BCUT2D eigenvalue weighted by atomic mass is 79.9. The SMILES string of the molecule is CCn1nc(C)c(Br)c1CC(CO)Cc1ccccc1Br. The van der Waals surface area contributed by atoms with Crippen LogP contribution in [0.25, 0.3) is 0 Å². The summed E-state index contributed by atoms with van der Waals surface area (Å²) in [7, 11) is 0. The van der Waals surface area contributed by atoms with Gasteiger partial charge in [-0.1, -0.05) is 34.1 Å². The first kappa shape index (κ1) is 16.7. The quantitative estimate of drug-likeness (QED) is 0.770. The van der Waals surface area contributed by atoms with E-state index in [1.54, 1.807) is 0 Å². The minimum absolute atomic E-state index is 0.168. The van der Waals surface area contributed by atoms with Crippen molar-refractivity contribution in [3.8, 4) is 0 Å². The maximum atomic E-state index is 9.74. The van der Waals surface area contributed by atoms with Crippen LogP contribution in [0.2, 0.25) is 0 Å². The molecule has 0 spiro atoms. The topological polar surface area (TPSA) is 38.0 Å². The number of aryl methyl sites for hydroxylation is 2. The Labute approximate surface area is 142 Å². The molecule has 0 radical (unpaired) electrons. The smallest absolute Gasteiger partial charge is 0.0738 e. The highest BCUT2D eigenvalue weighted by Gasteiger charge is 2.18. The maximum absolute atomic E-state index is 9.74. The molecular weight excluding hydrogens is 396 g/mol. The van der Waals surface area contributed by atoms with Gasteiger partial charge in [-0.2, -0.15) is 5.10 Å². The van der Waals surface area contributed by atoms with Gasteiger partial charge in [-0.3, -0.25) is 4.68 Å². The summed E-state index contributed by atoms with van der Waals surface area (Å²) in [4.78, 5) is 0. The van der Waals surface area contributed by atoms with Gasteiger partial charge >= 0.3 is 0 Å². The molecule has 0 aliphatic rings. The van der Waals surface area contributed by atoms with Gasteiger partial charge in [-0.25, -0.2) is 0 Å². The predicted molar refractivity (Wildman–Crippen MR) is 92.5 cm³/mol. The monoisotopic (exact) mass is 414 g/mol. The van der Waals surface area contributed by atoms with Crippen LogP contribution in [0.5, 0.6) is 0 Å². The first-order valence-electron chi connectivity index (χ1n) is 7.12. The minimum Gasteiger partial charge on any atom is -0.396 e. The van der Waals surface area contributed by atoms with E-state index in [2.05, 4.69) is 49.9 Å². The molecule has 1 aromatic heterocycles. The Kier molecular flexibility index (Phi) is 6.02. The van der Waals surface area contributed by atoms with Crippen molar-refractivity contribution in [3.63, 3.8) is 0 Å². The lowest BCUT2D eigenvalue weighted by Crippen LogP contribution is -2.16. The van der Waals surface area contributed by atoms with E-state index in [0.717, 1.165) is 34.0 Å². The van der Waals surface area contributed by atoms with E-state index in [9.17, 15) is 5.11 Å². The average Bonchev–Trinajstić information content (AvgIpc) is 2.76. The highest BCUT2D eigenvalue weighted by molar-refractivity contribution is 9.10. The van der Waals surface area contributed by atoms with Crippen molar-refractivity contribution in [2.45, 2.75) is 33.2 Å². The van der Waals surface area contributed by atoms with E-state index in [1.807, 2.05) is 29.8 Å². The molecular formula is C16H20Br2N2O. The van der Waals surface area contributed by atoms with Gasteiger partial charge in [0.15, 0.2) is 0 Å². The molecule has 21 heavy (non-hydrogen) atoms. The van der Waals surface area contributed by atoms with Crippen LogP contribution in [-0.2, 0) is 19.4 Å². The molecule has 114 valence electrons. The molecule has 0 amide bonds. The third kappa shape index (κ3) is 3.96.